The second kappa shape index (κ2) is 8.66. The van der Waals surface area contributed by atoms with Crippen LogP contribution in [0, 0.1) is 5.92 Å². The zero-order chi connectivity index (χ0) is 19.2. The zero-order valence-corrected chi connectivity index (χ0v) is 15.0. The highest BCUT2D eigenvalue weighted by atomic mass is 16.5. The topological polar surface area (TPSA) is 105 Å². The summed E-state index contributed by atoms with van der Waals surface area (Å²) in [5, 5.41) is 4.34. The number of hydrogen-bond donors (Lipinski definition) is 2. The molecule has 144 valence electrons. The van der Waals surface area contributed by atoms with Crippen LogP contribution in [0.3, 0.4) is 0 Å². The molecule has 0 aromatic heterocycles. The number of esters is 1. The summed E-state index contributed by atoms with van der Waals surface area (Å²) in [5.74, 6) is -1.04. The lowest BCUT2D eigenvalue weighted by molar-refractivity contribution is -0.155. The number of urea groups is 1. The smallest absolute Gasteiger partial charge is 0.329 e. The Bertz CT molecular complexity index is 697. The summed E-state index contributed by atoms with van der Waals surface area (Å²) in [4.78, 5) is 48.4. The second-order valence-corrected chi connectivity index (χ2v) is 6.90. The third kappa shape index (κ3) is 5.29. The van der Waals surface area contributed by atoms with E-state index in [1.165, 1.54) is 5.56 Å². The minimum absolute atomic E-state index is 0.191. The van der Waals surface area contributed by atoms with Crippen LogP contribution in [0.5, 0.6) is 0 Å². The Kier molecular flexibility index (Phi) is 6.05. The number of nitrogens with zero attached hydrogens (tertiary/aromatic N) is 1. The Morgan fingerprint density at radius 2 is 1.81 bits per heavy atom. The zero-order valence-electron chi connectivity index (χ0n) is 15.0. The molecular weight excluding hydrogens is 350 g/mol. The molecule has 0 spiro atoms. The fourth-order valence-corrected chi connectivity index (χ4v) is 3.41. The van der Waals surface area contributed by atoms with Gasteiger partial charge in [-0.05, 0) is 30.7 Å². The van der Waals surface area contributed by atoms with E-state index in [1.54, 1.807) is 4.90 Å². The highest BCUT2D eigenvalue weighted by molar-refractivity contribution is 6.01. The fraction of sp³-hybridized carbons (Fsp3) is 0.474. The first-order valence-corrected chi connectivity index (χ1v) is 9.10. The Hall–Kier alpha value is -2.90. The van der Waals surface area contributed by atoms with Crippen LogP contribution in [0.15, 0.2) is 30.3 Å². The van der Waals surface area contributed by atoms with E-state index in [2.05, 4.69) is 17.4 Å². The Morgan fingerprint density at radius 1 is 1.11 bits per heavy atom. The maximum absolute atomic E-state index is 12.3. The van der Waals surface area contributed by atoms with Crippen molar-refractivity contribution in [1.29, 1.82) is 0 Å². The molecule has 2 fully saturated rings. The number of carbonyl (C=O) groups is 4. The van der Waals surface area contributed by atoms with E-state index in [9.17, 15) is 19.2 Å². The molecule has 8 heteroatoms. The van der Waals surface area contributed by atoms with Crippen molar-refractivity contribution in [2.45, 2.75) is 31.7 Å². The first kappa shape index (κ1) is 18.9. The lowest BCUT2D eigenvalue weighted by Crippen LogP contribution is -2.55. The van der Waals surface area contributed by atoms with Gasteiger partial charge in [0.05, 0.1) is 6.42 Å². The maximum atomic E-state index is 12.3. The van der Waals surface area contributed by atoms with Crippen LogP contribution in [0.2, 0.25) is 0 Å². The average Bonchev–Trinajstić information content (AvgIpc) is 2.66. The van der Waals surface area contributed by atoms with Gasteiger partial charge in [-0.2, -0.15) is 0 Å². The molecule has 2 saturated heterocycles. The quantitative estimate of drug-likeness (QED) is 0.736. The monoisotopic (exact) mass is 373 g/mol. The second-order valence-electron chi connectivity index (χ2n) is 6.90. The van der Waals surface area contributed by atoms with Gasteiger partial charge < -0.3 is 15.0 Å². The van der Waals surface area contributed by atoms with Crippen molar-refractivity contribution in [3.05, 3.63) is 35.9 Å². The van der Waals surface area contributed by atoms with Gasteiger partial charge in [-0.3, -0.25) is 14.9 Å². The van der Waals surface area contributed by atoms with Gasteiger partial charge in [-0.15, -0.1) is 0 Å². The minimum atomic E-state index is -1.05. The molecule has 1 atom stereocenters. The van der Waals surface area contributed by atoms with E-state index in [0.29, 0.717) is 19.0 Å². The number of likely N-dealkylation sites (tertiary alicyclic amines) is 1. The number of piperidine rings is 1. The molecular formula is C19H23N3O5. The predicted octanol–water partition coefficient (Wildman–Crippen LogP) is 0.609. The number of nitrogens with one attached hydrogen (secondary N) is 2. The normalized spacial score (nSPS) is 20.6. The van der Waals surface area contributed by atoms with Crippen LogP contribution in [0.1, 0.15) is 24.8 Å². The molecule has 27 heavy (non-hydrogen) atoms. The van der Waals surface area contributed by atoms with Gasteiger partial charge in [0.25, 0.3) is 5.91 Å². The highest BCUT2D eigenvalue weighted by Crippen LogP contribution is 2.21. The molecule has 0 aliphatic carbocycles. The van der Waals surface area contributed by atoms with Crippen LogP contribution in [0.4, 0.5) is 4.79 Å². The summed E-state index contributed by atoms with van der Waals surface area (Å²) in [6.45, 7) is 0.892. The van der Waals surface area contributed by atoms with Crippen molar-refractivity contribution < 1.29 is 23.9 Å². The van der Waals surface area contributed by atoms with Gasteiger partial charge in [0, 0.05) is 13.1 Å². The van der Waals surface area contributed by atoms with E-state index < -0.39 is 23.9 Å². The third-order valence-electron chi connectivity index (χ3n) is 4.90. The molecule has 2 heterocycles. The average molecular weight is 373 g/mol. The molecule has 1 unspecified atom stereocenters. The third-order valence-corrected chi connectivity index (χ3v) is 4.90. The van der Waals surface area contributed by atoms with Crippen LogP contribution in [0.25, 0.3) is 0 Å². The van der Waals surface area contributed by atoms with E-state index >= 15 is 0 Å². The van der Waals surface area contributed by atoms with Crippen LogP contribution < -0.4 is 10.6 Å². The van der Waals surface area contributed by atoms with Crippen LogP contribution >= 0.6 is 0 Å². The fourth-order valence-electron chi connectivity index (χ4n) is 3.41. The molecule has 1 aromatic rings. The SMILES string of the molecule is O=C1CC(C(=O)OCC(=O)N2CCC(Cc3ccccc3)CC2)NC(=O)N1. The first-order valence-electron chi connectivity index (χ1n) is 9.10. The molecule has 8 nitrogen and oxygen atoms in total. The maximum Gasteiger partial charge on any atom is 0.329 e. The molecule has 1 aromatic carbocycles. The van der Waals surface area contributed by atoms with E-state index in [0.717, 1.165) is 19.3 Å². The predicted molar refractivity (Wildman–Crippen MR) is 95.5 cm³/mol. The standard InChI is InChI=1S/C19H23N3O5/c23-16-11-15(20-19(26)21-16)18(25)27-12-17(24)22-8-6-14(7-9-22)10-13-4-2-1-3-5-13/h1-5,14-15H,6-12H2,(H2,20,21,23,26). The highest BCUT2D eigenvalue weighted by Gasteiger charge is 2.31. The van der Waals surface area contributed by atoms with Gasteiger partial charge in [-0.1, -0.05) is 30.3 Å². The number of carbonyl (C=O) groups excluding carboxylic acids is 4. The van der Waals surface area contributed by atoms with Crippen molar-refractivity contribution in [3.63, 3.8) is 0 Å². The van der Waals surface area contributed by atoms with Crippen LogP contribution in [-0.2, 0) is 25.5 Å². The number of benzene rings is 1. The molecule has 4 amide bonds. The van der Waals surface area contributed by atoms with Gasteiger partial charge in [0.1, 0.15) is 6.04 Å². The molecule has 0 bridgehead atoms. The summed E-state index contributed by atoms with van der Waals surface area (Å²) in [7, 11) is 0. The van der Waals surface area contributed by atoms with Crippen molar-refractivity contribution >= 4 is 23.8 Å². The number of imide groups is 1. The van der Waals surface area contributed by atoms with E-state index in [4.69, 9.17) is 4.74 Å². The molecule has 0 radical (unpaired) electrons. The number of rotatable bonds is 5. The van der Waals surface area contributed by atoms with E-state index in [1.807, 2.05) is 23.5 Å². The minimum Gasteiger partial charge on any atom is -0.454 e. The molecule has 3 rings (SSSR count). The Balaban J connectivity index is 1.40. The molecule has 2 aliphatic rings. The first-order chi connectivity index (χ1) is 13.0. The Morgan fingerprint density at radius 3 is 2.48 bits per heavy atom. The summed E-state index contributed by atoms with van der Waals surface area (Å²) in [5.41, 5.74) is 1.30. The van der Waals surface area contributed by atoms with Crippen molar-refractivity contribution in [3.8, 4) is 0 Å². The van der Waals surface area contributed by atoms with Gasteiger partial charge >= 0.3 is 12.0 Å². The largest absolute Gasteiger partial charge is 0.454 e. The summed E-state index contributed by atoms with van der Waals surface area (Å²) in [6, 6.07) is 8.50. The van der Waals surface area contributed by atoms with E-state index in [-0.39, 0.29) is 18.9 Å². The van der Waals surface area contributed by atoms with Gasteiger partial charge in [0.15, 0.2) is 6.61 Å². The van der Waals surface area contributed by atoms with Gasteiger partial charge in [0.2, 0.25) is 5.91 Å². The molecule has 2 aliphatic heterocycles. The summed E-state index contributed by atoms with van der Waals surface area (Å²) < 4.78 is 4.99. The number of ether oxygens (including phenoxy) is 1. The van der Waals surface area contributed by atoms with Gasteiger partial charge in [-0.25, -0.2) is 9.59 Å². The summed E-state index contributed by atoms with van der Waals surface area (Å²) in [6.07, 6.45) is 2.63. The lowest BCUT2D eigenvalue weighted by atomic mass is 9.90. The van der Waals surface area contributed by atoms with Crippen molar-refractivity contribution in [2.24, 2.45) is 5.92 Å². The lowest BCUT2D eigenvalue weighted by Gasteiger charge is -2.32. The number of amides is 4. The molecule has 2 N–H and O–H groups in total. The van der Waals surface area contributed by atoms with Crippen LogP contribution in [-0.4, -0.2) is 54.5 Å². The van der Waals surface area contributed by atoms with Crippen molar-refractivity contribution in [1.82, 2.24) is 15.5 Å². The number of hydrogen-bond acceptors (Lipinski definition) is 5. The molecule has 0 saturated carbocycles. The Labute approximate surface area is 157 Å². The van der Waals surface area contributed by atoms with Crippen molar-refractivity contribution in [2.75, 3.05) is 19.7 Å². The summed E-state index contributed by atoms with van der Waals surface area (Å²) >= 11 is 0.